The van der Waals surface area contributed by atoms with Crippen molar-refractivity contribution in [2.45, 2.75) is 27.3 Å². The maximum absolute atomic E-state index is 12.2. The molecule has 2 aromatic heterocycles. The molecule has 0 aliphatic carbocycles. The Morgan fingerprint density at radius 1 is 1.30 bits per heavy atom. The van der Waals surface area contributed by atoms with Gasteiger partial charge in [0.05, 0.1) is 5.69 Å². The second kappa shape index (κ2) is 6.41. The van der Waals surface area contributed by atoms with Crippen LogP contribution in [-0.4, -0.2) is 51.3 Å². The normalized spacial score (nSPS) is 16.4. The van der Waals surface area contributed by atoms with Crippen molar-refractivity contribution >= 4 is 22.2 Å². The quantitative estimate of drug-likeness (QED) is 0.850. The zero-order valence-corrected chi connectivity index (χ0v) is 14.6. The molecule has 2 aromatic rings. The van der Waals surface area contributed by atoms with Gasteiger partial charge in [-0.2, -0.15) is 0 Å². The van der Waals surface area contributed by atoms with Gasteiger partial charge in [-0.05, 0) is 6.92 Å². The molecule has 3 heterocycles. The summed E-state index contributed by atoms with van der Waals surface area (Å²) in [5.74, 6) is 0.268. The number of nitrogens with zero attached hydrogens (tertiary/aromatic N) is 4. The number of amides is 1. The summed E-state index contributed by atoms with van der Waals surface area (Å²) in [6.45, 7) is 9.58. The van der Waals surface area contributed by atoms with Crippen molar-refractivity contribution in [3.05, 3.63) is 33.2 Å². The third kappa shape index (κ3) is 3.30. The number of hydrogen-bond donors (Lipinski definition) is 0. The summed E-state index contributed by atoms with van der Waals surface area (Å²) in [6, 6.07) is 1.62. The molecule has 0 N–H and O–H groups in total. The average Bonchev–Trinajstić information content (AvgIpc) is 2.89. The van der Waals surface area contributed by atoms with E-state index < -0.39 is 0 Å². The number of piperazine rings is 1. The van der Waals surface area contributed by atoms with Gasteiger partial charge in [-0.1, -0.05) is 13.8 Å². The molecular weight excluding hydrogens is 312 g/mol. The number of carbonyl (C=O) groups excluding carboxylic acids is 1. The lowest BCUT2D eigenvalue weighted by atomic mass is 10.1. The molecule has 3 rings (SSSR count). The van der Waals surface area contributed by atoms with Crippen LogP contribution in [0.25, 0.3) is 4.96 Å². The first-order valence-electron chi connectivity index (χ1n) is 7.93. The van der Waals surface area contributed by atoms with Crippen LogP contribution in [0, 0.1) is 12.8 Å². The highest BCUT2D eigenvalue weighted by atomic mass is 32.1. The van der Waals surface area contributed by atoms with Crippen LogP contribution in [0.5, 0.6) is 0 Å². The molecule has 23 heavy (non-hydrogen) atoms. The summed E-state index contributed by atoms with van der Waals surface area (Å²) in [6.07, 6.45) is 0. The minimum Gasteiger partial charge on any atom is -0.340 e. The molecular formula is C16H22N4O2S. The van der Waals surface area contributed by atoms with E-state index in [1.807, 2.05) is 31.1 Å². The van der Waals surface area contributed by atoms with Crippen LogP contribution >= 0.6 is 11.3 Å². The Balaban J connectivity index is 1.67. The molecule has 124 valence electrons. The van der Waals surface area contributed by atoms with E-state index >= 15 is 0 Å². The van der Waals surface area contributed by atoms with Gasteiger partial charge in [0.25, 0.3) is 5.56 Å². The number of carbonyl (C=O) groups is 1. The standard InChI is InChI=1S/C16H22N4O2S/c1-11(2)15(22)19-6-4-18(5-7-19)9-13-8-14(21)20-12(3)10-23-16(20)17-13/h8,10-11H,4-7,9H2,1-3H3. The molecule has 1 amide bonds. The second-order valence-corrected chi connectivity index (χ2v) is 7.17. The predicted molar refractivity (Wildman–Crippen MR) is 90.8 cm³/mol. The number of rotatable bonds is 3. The average molecular weight is 334 g/mol. The van der Waals surface area contributed by atoms with Crippen molar-refractivity contribution in [1.29, 1.82) is 0 Å². The third-order valence-electron chi connectivity index (χ3n) is 4.19. The summed E-state index contributed by atoms with van der Waals surface area (Å²) in [5.41, 5.74) is 1.72. The Bertz CT molecular complexity index is 772. The summed E-state index contributed by atoms with van der Waals surface area (Å²) >= 11 is 1.49. The van der Waals surface area contributed by atoms with Crippen LogP contribution in [0.2, 0.25) is 0 Å². The van der Waals surface area contributed by atoms with E-state index in [0.29, 0.717) is 6.54 Å². The lowest BCUT2D eigenvalue weighted by Gasteiger charge is -2.35. The largest absolute Gasteiger partial charge is 0.340 e. The number of aryl methyl sites for hydroxylation is 1. The Kier molecular flexibility index (Phi) is 4.50. The highest BCUT2D eigenvalue weighted by Gasteiger charge is 2.23. The van der Waals surface area contributed by atoms with Crippen molar-refractivity contribution in [3.8, 4) is 0 Å². The SMILES string of the molecule is Cc1csc2nc(CN3CCN(C(=O)C(C)C)CC3)cc(=O)n12. The Morgan fingerprint density at radius 3 is 2.65 bits per heavy atom. The smallest absolute Gasteiger partial charge is 0.259 e. The van der Waals surface area contributed by atoms with Gasteiger partial charge < -0.3 is 4.90 Å². The summed E-state index contributed by atoms with van der Waals surface area (Å²) in [5, 5.41) is 1.95. The number of hydrogen-bond acceptors (Lipinski definition) is 5. The Labute approximate surface area is 139 Å². The molecule has 0 bridgehead atoms. The highest BCUT2D eigenvalue weighted by molar-refractivity contribution is 7.15. The predicted octanol–water partition coefficient (Wildman–Crippen LogP) is 1.36. The summed E-state index contributed by atoms with van der Waals surface area (Å²) in [7, 11) is 0. The zero-order chi connectivity index (χ0) is 16.6. The summed E-state index contributed by atoms with van der Waals surface area (Å²) in [4.78, 5) is 33.7. The molecule has 0 atom stereocenters. The van der Waals surface area contributed by atoms with E-state index in [1.54, 1.807) is 10.5 Å². The van der Waals surface area contributed by atoms with Gasteiger partial charge in [0.2, 0.25) is 5.91 Å². The summed E-state index contributed by atoms with van der Waals surface area (Å²) < 4.78 is 1.65. The van der Waals surface area contributed by atoms with E-state index in [-0.39, 0.29) is 17.4 Å². The minimum atomic E-state index is -0.0163. The molecule has 0 unspecified atom stereocenters. The molecule has 1 fully saturated rings. The molecule has 0 saturated carbocycles. The first-order chi connectivity index (χ1) is 11.0. The van der Waals surface area contributed by atoms with Crippen molar-refractivity contribution in [3.63, 3.8) is 0 Å². The van der Waals surface area contributed by atoms with Gasteiger partial charge in [-0.3, -0.25) is 18.9 Å². The van der Waals surface area contributed by atoms with Crippen molar-refractivity contribution in [1.82, 2.24) is 19.2 Å². The van der Waals surface area contributed by atoms with Crippen LogP contribution in [0.3, 0.4) is 0 Å². The van der Waals surface area contributed by atoms with E-state index in [2.05, 4.69) is 9.88 Å². The molecule has 1 saturated heterocycles. The maximum atomic E-state index is 12.2. The van der Waals surface area contributed by atoms with E-state index in [1.165, 1.54) is 11.3 Å². The van der Waals surface area contributed by atoms with Gasteiger partial charge in [0, 0.05) is 55.8 Å². The van der Waals surface area contributed by atoms with Crippen LogP contribution in [0.1, 0.15) is 25.2 Å². The maximum Gasteiger partial charge on any atom is 0.259 e. The molecule has 0 aromatic carbocycles. The first kappa shape index (κ1) is 16.1. The van der Waals surface area contributed by atoms with Gasteiger partial charge >= 0.3 is 0 Å². The molecule has 6 nitrogen and oxygen atoms in total. The fraction of sp³-hybridized carbons (Fsp3) is 0.562. The Hall–Kier alpha value is -1.73. The van der Waals surface area contributed by atoms with E-state index in [4.69, 9.17) is 0 Å². The van der Waals surface area contributed by atoms with E-state index in [9.17, 15) is 9.59 Å². The molecule has 0 radical (unpaired) electrons. The van der Waals surface area contributed by atoms with Crippen molar-refractivity contribution in [2.24, 2.45) is 5.92 Å². The van der Waals surface area contributed by atoms with E-state index in [0.717, 1.165) is 42.5 Å². The lowest BCUT2D eigenvalue weighted by molar-refractivity contribution is -0.136. The Morgan fingerprint density at radius 2 is 2.00 bits per heavy atom. The van der Waals surface area contributed by atoms with Gasteiger partial charge in [-0.15, -0.1) is 11.3 Å². The van der Waals surface area contributed by atoms with Crippen LogP contribution in [0.4, 0.5) is 0 Å². The van der Waals surface area contributed by atoms with Crippen LogP contribution in [0.15, 0.2) is 16.2 Å². The third-order valence-corrected chi connectivity index (χ3v) is 5.14. The van der Waals surface area contributed by atoms with Crippen molar-refractivity contribution in [2.75, 3.05) is 26.2 Å². The number of fused-ring (bicyclic) bond motifs is 1. The van der Waals surface area contributed by atoms with Crippen molar-refractivity contribution < 1.29 is 4.79 Å². The van der Waals surface area contributed by atoms with Crippen LogP contribution in [-0.2, 0) is 11.3 Å². The molecule has 0 spiro atoms. The minimum absolute atomic E-state index is 0.0163. The number of aromatic nitrogens is 2. The van der Waals surface area contributed by atoms with Gasteiger partial charge in [0.1, 0.15) is 0 Å². The zero-order valence-electron chi connectivity index (χ0n) is 13.8. The molecule has 1 aliphatic rings. The number of thiazole rings is 1. The molecule has 1 aliphatic heterocycles. The van der Waals surface area contributed by atoms with Crippen LogP contribution < -0.4 is 5.56 Å². The highest BCUT2D eigenvalue weighted by Crippen LogP contribution is 2.13. The second-order valence-electron chi connectivity index (χ2n) is 6.34. The van der Waals surface area contributed by atoms with Gasteiger partial charge in [0.15, 0.2) is 4.96 Å². The first-order valence-corrected chi connectivity index (χ1v) is 8.81. The molecule has 7 heteroatoms. The fourth-order valence-electron chi connectivity index (χ4n) is 2.90. The topological polar surface area (TPSA) is 57.9 Å². The van der Waals surface area contributed by atoms with Gasteiger partial charge in [-0.25, -0.2) is 4.98 Å². The lowest BCUT2D eigenvalue weighted by Crippen LogP contribution is -2.49. The monoisotopic (exact) mass is 334 g/mol. The fourth-order valence-corrected chi connectivity index (χ4v) is 3.79.